The molecule has 5 N–H and O–H groups in total. The lowest BCUT2D eigenvalue weighted by molar-refractivity contribution is -0.119. The third kappa shape index (κ3) is 6.96. The Balaban J connectivity index is 1.44. The van der Waals surface area contributed by atoms with E-state index in [1.54, 1.807) is 14.7 Å². The van der Waals surface area contributed by atoms with E-state index in [1.807, 2.05) is 0 Å². The number of urea groups is 1. The summed E-state index contributed by atoms with van der Waals surface area (Å²) < 4.78 is 25.2. The van der Waals surface area contributed by atoms with Crippen LogP contribution < -0.4 is 11.1 Å². The summed E-state index contributed by atoms with van der Waals surface area (Å²) in [6, 6.07) is 4.88. The van der Waals surface area contributed by atoms with Crippen molar-refractivity contribution in [1.82, 2.24) is 23.9 Å². The molecule has 14 nitrogen and oxygen atoms in total. The number of likely N-dealkylation sites (tertiary alicyclic amines) is 1. The molecule has 214 valence electrons. The standard InChI is InChI=1S/C24H36N8O6S/c1-39(37,38)31-12-6-28(7-13-31)15-17-14-20(21(33)27-19-4-2-18(3-5-19)22(34)35)32(16-17)24(36)30-10-8-29(9-11-30)23(25)26/h2-5,17,20H,6-16H2,1H3,(H3,25,26)(H,27,33)(H,34,35)/t17-,20+/m1/s1. The molecule has 3 aliphatic rings. The van der Waals surface area contributed by atoms with Crippen LogP contribution in [0.15, 0.2) is 24.3 Å². The number of anilines is 1. The first-order valence-electron chi connectivity index (χ1n) is 12.9. The third-order valence-electron chi connectivity index (χ3n) is 7.54. The SMILES string of the molecule is CS(=O)(=O)N1CCN(C[C@H]2C[C@@H](C(=O)Nc3ccc(C(=O)O)cc3)N(C(=O)N3CCN(C(=N)N)CC3)C2)CC1. The van der Waals surface area contributed by atoms with Gasteiger partial charge < -0.3 is 35.8 Å². The van der Waals surface area contributed by atoms with Crippen molar-refractivity contribution in [3.8, 4) is 0 Å². The third-order valence-corrected chi connectivity index (χ3v) is 8.85. The second-order valence-corrected chi connectivity index (χ2v) is 12.2. The van der Waals surface area contributed by atoms with E-state index in [1.165, 1.54) is 34.8 Å². The highest BCUT2D eigenvalue weighted by Gasteiger charge is 2.42. The van der Waals surface area contributed by atoms with E-state index in [4.69, 9.17) is 16.2 Å². The normalized spacial score (nSPS) is 23.1. The number of amides is 3. The first-order valence-corrected chi connectivity index (χ1v) is 14.7. The molecule has 0 saturated carbocycles. The van der Waals surface area contributed by atoms with Crippen LogP contribution in [0.3, 0.4) is 0 Å². The van der Waals surface area contributed by atoms with E-state index < -0.39 is 22.0 Å². The highest BCUT2D eigenvalue weighted by atomic mass is 32.2. The van der Waals surface area contributed by atoms with Crippen LogP contribution in [0.2, 0.25) is 0 Å². The Morgan fingerprint density at radius 1 is 1.00 bits per heavy atom. The largest absolute Gasteiger partial charge is 0.478 e. The van der Waals surface area contributed by atoms with Crippen molar-refractivity contribution in [2.24, 2.45) is 11.7 Å². The Kier molecular flexibility index (Phi) is 8.61. The number of guanidine groups is 1. The second-order valence-electron chi connectivity index (χ2n) is 10.2. The van der Waals surface area contributed by atoms with Crippen LogP contribution in [-0.4, -0.2) is 139 Å². The molecule has 0 unspecified atom stereocenters. The van der Waals surface area contributed by atoms with Gasteiger partial charge in [-0.15, -0.1) is 0 Å². The van der Waals surface area contributed by atoms with Gasteiger partial charge in [-0.2, -0.15) is 4.31 Å². The predicted octanol–water partition coefficient (Wildman–Crippen LogP) is -0.778. The minimum Gasteiger partial charge on any atom is -0.478 e. The van der Waals surface area contributed by atoms with Crippen molar-refractivity contribution >= 4 is 39.6 Å². The molecular formula is C24H36N8O6S. The van der Waals surface area contributed by atoms with E-state index in [2.05, 4.69) is 10.2 Å². The monoisotopic (exact) mass is 564 g/mol. The quantitative estimate of drug-likeness (QED) is 0.254. The number of hydrogen-bond donors (Lipinski definition) is 4. The number of hydrogen-bond acceptors (Lipinski definition) is 7. The number of aromatic carboxylic acids is 1. The highest BCUT2D eigenvalue weighted by molar-refractivity contribution is 7.88. The molecule has 0 aromatic heterocycles. The number of rotatable bonds is 6. The van der Waals surface area contributed by atoms with Gasteiger partial charge in [0, 0.05) is 71.1 Å². The number of piperazine rings is 2. The molecule has 0 bridgehead atoms. The molecule has 1 aromatic rings. The maximum absolute atomic E-state index is 13.6. The van der Waals surface area contributed by atoms with E-state index in [0.717, 1.165) is 0 Å². The summed E-state index contributed by atoms with van der Waals surface area (Å²) in [7, 11) is -3.24. The number of carbonyl (C=O) groups excluding carboxylic acids is 2. The van der Waals surface area contributed by atoms with Crippen LogP contribution in [0.5, 0.6) is 0 Å². The van der Waals surface area contributed by atoms with Crippen LogP contribution in [0.25, 0.3) is 0 Å². The summed E-state index contributed by atoms with van der Waals surface area (Å²) in [6.45, 7) is 4.65. The minimum absolute atomic E-state index is 0.0161. The summed E-state index contributed by atoms with van der Waals surface area (Å²) in [4.78, 5) is 45.2. The number of nitrogens with zero attached hydrogens (tertiary/aromatic N) is 5. The molecule has 4 rings (SSSR count). The number of nitrogens with one attached hydrogen (secondary N) is 2. The predicted molar refractivity (Wildman–Crippen MR) is 144 cm³/mol. The van der Waals surface area contributed by atoms with Gasteiger partial charge in [-0.05, 0) is 36.6 Å². The molecule has 3 heterocycles. The zero-order valence-electron chi connectivity index (χ0n) is 22.0. The van der Waals surface area contributed by atoms with Crippen molar-refractivity contribution < 1.29 is 27.9 Å². The van der Waals surface area contributed by atoms with Crippen LogP contribution in [0.1, 0.15) is 16.8 Å². The average Bonchev–Trinajstić information content (AvgIpc) is 3.32. The average molecular weight is 565 g/mol. The lowest BCUT2D eigenvalue weighted by atomic mass is 10.0. The van der Waals surface area contributed by atoms with Gasteiger partial charge in [0.15, 0.2) is 5.96 Å². The minimum atomic E-state index is -3.24. The number of sulfonamides is 1. The first kappa shape index (κ1) is 28.6. The van der Waals surface area contributed by atoms with Gasteiger partial charge >= 0.3 is 12.0 Å². The smallest absolute Gasteiger partial charge is 0.335 e. The highest BCUT2D eigenvalue weighted by Crippen LogP contribution is 2.28. The van der Waals surface area contributed by atoms with Crippen LogP contribution >= 0.6 is 0 Å². The van der Waals surface area contributed by atoms with Crippen molar-refractivity contribution in [3.05, 3.63) is 29.8 Å². The molecule has 0 spiro atoms. The lowest BCUT2D eigenvalue weighted by Crippen LogP contribution is -2.57. The van der Waals surface area contributed by atoms with E-state index in [9.17, 15) is 22.8 Å². The van der Waals surface area contributed by atoms with Gasteiger partial charge in [-0.1, -0.05) is 0 Å². The Bertz CT molecular complexity index is 1190. The molecule has 3 aliphatic heterocycles. The number of carboxylic acid groups (broad SMARTS) is 1. The van der Waals surface area contributed by atoms with Crippen LogP contribution in [0, 0.1) is 11.3 Å². The molecule has 15 heteroatoms. The fraction of sp³-hybridized carbons (Fsp3) is 0.583. The summed E-state index contributed by atoms with van der Waals surface area (Å²) in [5.41, 5.74) is 6.12. The van der Waals surface area contributed by atoms with Crippen molar-refractivity contribution in [2.75, 3.05) is 77.0 Å². The summed E-state index contributed by atoms with van der Waals surface area (Å²) in [6.07, 6.45) is 1.66. The van der Waals surface area contributed by atoms with Crippen molar-refractivity contribution in [1.29, 1.82) is 5.41 Å². The zero-order valence-corrected chi connectivity index (χ0v) is 22.8. The Labute approximate surface area is 227 Å². The number of benzene rings is 1. The Hall–Kier alpha value is -3.43. The fourth-order valence-corrected chi connectivity index (χ4v) is 6.19. The van der Waals surface area contributed by atoms with Gasteiger partial charge in [-0.25, -0.2) is 18.0 Å². The molecule has 3 saturated heterocycles. The molecule has 1 aromatic carbocycles. The van der Waals surface area contributed by atoms with Crippen molar-refractivity contribution in [3.63, 3.8) is 0 Å². The summed E-state index contributed by atoms with van der Waals surface area (Å²) >= 11 is 0. The van der Waals surface area contributed by atoms with Gasteiger partial charge in [0.25, 0.3) is 0 Å². The van der Waals surface area contributed by atoms with E-state index in [-0.39, 0.29) is 29.4 Å². The van der Waals surface area contributed by atoms with E-state index in [0.29, 0.717) is 77.6 Å². The lowest BCUT2D eigenvalue weighted by Gasteiger charge is -2.38. The number of nitrogens with two attached hydrogens (primary N) is 1. The molecule has 3 fully saturated rings. The second kappa shape index (κ2) is 11.8. The Morgan fingerprint density at radius 3 is 2.13 bits per heavy atom. The van der Waals surface area contributed by atoms with Crippen LogP contribution in [-0.2, 0) is 14.8 Å². The molecule has 0 aliphatic carbocycles. The first-order chi connectivity index (χ1) is 18.4. The van der Waals surface area contributed by atoms with Gasteiger partial charge in [0.1, 0.15) is 6.04 Å². The molecule has 0 radical (unpaired) electrons. The molecular weight excluding hydrogens is 528 g/mol. The summed E-state index contributed by atoms with van der Waals surface area (Å²) in [5.74, 6) is -1.43. The number of carboxylic acids is 1. The van der Waals surface area contributed by atoms with Gasteiger partial charge in [0.05, 0.1) is 11.8 Å². The zero-order chi connectivity index (χ0) is 28.3. The maximum atomic E-state index is 13.6. The fourth-order valence-electron chi connectivity index (χ4n) is 5.37. The van der Waals surface area contributed by atoms with Gasteiger partial charge in [-0.3, -0.25) is 10.2 Å². The maximum Gasteiger partial charge on any atom is 0.335 e. The molecule has 3 amide bonds. The topological polar surface area (TPSA) is 184 Å². The summed E-state index contributed by atoms with van der Waals surface area (Å²) in [5, 5.41) is 19.6. The molecule has 39 heavy (non-hydrogen) atoms. The Morgan fingerprint density at radius 2 is 1.59 bits per heavy atom. The van der Waals surface area contributed by atoms with Crippen LogP contribution in [0.4, 0.5) is 10.5 Å². The van der Waals surface area contributed by atoms with Gasteiger partial charge in [0.2, 0.25) is 15.9 Å². The van der Waals surface area contributed by atoms with E-state index >= 15 is 0 Å². The number of carbonyl (C=O) groups is 3. The van der Waals surface area contributed by atoms with Crippen molar-refractivity contribution in [2.45, 2.75) is 12.5 Å². The molecule has 2 atom stereocenters.